The lowest BCUT2D eigenvalue weighted by Gasteiger charge is -2.23. The van der Waals surface area contributed by atoms with Crippen LogP contribution in [0.2, 0.25) is 0 Å². The average molecular weight is 274 g/mol. The van der Waals surface area contributed by atoms with Crippen LogP contribution in [0.15, 0.2) is 41.1 Å². The fourth-order valence-electron chi connectivity index (χ4n) is 2.51. The van der Waals surface area contributed by atoms with Crippen LogP contribution in [-0.4, -0.2) is 18.4 Å². The molecule has 0 amide bonds. The van der Waals surface area contributed by atoms with Crippen LogP contribution in [0.1, 0.15) is 19.4 Å². The fraction of sp³-hybridized carbons (Fsp3) is 0.286. The van der Waals surface area contributed by atoms with Crippen molar-refractivity contribution in [2.45, 2.75) is 19.3 Å². The van der Waals surface area contributed by atoms with E-state index in [1.807, 2.05) is 6.08 Å². The predicted molar refractivity (Wildman–Crippen MR) is 84.4 cm³/mol. The van der Waals surface area contributed by atoms with E-state index in [0.29, 0.717) is 0 Å². The molecule has 1 heterocycles. The van der Waals surface area contributed by atoms with Gasteiger partial charge >= 0.3 is 0 Å². The van der Waals surface area contributed by atoms with Gasteiger partial charge in [-0.1, -0.05) is 32.0 Å². The summed E-state index contributed by atoms with van der Waals surface area (Å²) in [6.07, 6.45) is 3.66. The zero-order valence-corrected chi connectivity index (χ0v) is 12.2. The van der Waals surface area contributed by atoms with Gasteiger partial charge in [0.05, 0.1) is 0 Å². The molecule has 3 N–H and O–H groups in total. The van der Waals surface area contributed by atoms with Gasteiger partial charge in [0, 0.05) is 30.1 Å². The number of para-hydroxylation sites is 1. The van der Waals surface area contributed by atoms with E-state index >= 15 is 0 Å². The largest absolute Gasteiger partial charge is 0.375 e. The fourth-order valence-corrected chi connectivity index (χ4v) is 2.56. The van der Waals surface area contributed by atoms with Gasteiger partial charge in [0.15, 0.2) is 5.11 Å². The van der Waals surface area contributed by atoms with E-state index in [1.54, 1.807) is 6.21 Å². The second kappa shape index (κ2) is 5.01. The van der Waals surface area contributed by atoms with Gasteiger partial charge < -0.3 is 10.6 Å². The van der Waals surface area contributed by atoms with Gasteiger partial charge in [-0.15, -0.1) is 0 Å². The molecule has 0 unspecified atom stereocenters. The average Bonchev–Trinajstić information content (AvgIpc) is 2.55. The third-order valence-electron chi connectivity index (χ3n) is 3.42. The van der Waals surface area contributed by atoms with E-state index in [0.717, 1.165) is 0 Å². The first-order valence-electron chi connectivity index (χ1n) is 6.07. The first-order valence-corrected chi connectivity index (χ1v) is 6.48. The second-order valence-electron chi connectivity index (χ2n) is 5.01. The summed E-state index contributed by atoms with van der Waals surface area (Å²) in [5, 5.41) is 4.12. The lowest BCUT2D eigenvalue weighted by atomic mass is 9.84. The van der Waals surface area contributed by atoms with Crippen LogP contribution >= 0.6 is 12.2 Å². The molecular weight excluding hydrogens is 256 g/mol. The van der Waals surface area contributed by atoms with Crippen molar-refractivity contribution in [2.24, 2.45) is 10.8 Å². The van der Waals surface area contributed by atoms with E-state index in [1.165, 1.54) is 16.9 Å². The van der Waals surface area contributed by atoms with E-state index < -0.39 is 0 Å². The van der Waals surface area contributed by atoms with Crippen LogP contribution in [0.3, 0.4) is 0 Å². The molecule has 4 nitrogen and oxygen atoms in total. The van der Waals surface area contributed by atoms with E-state index in [9.17, 15) is 0 Å². The number of nitrogens with two attached hydrogens (primary N) is 1. The Kier molecular flexibility index (Phi) is 3.57. The minimum Gasteiger partial charge on any atom is -0.375 e. The maximum absolute atomic E-state index is 5.31. The van der Waals surface area contributed by atoms with Crippen LogP contribution < -0.4 is 16.1 Å². The van der Waals surface area contributed by atoms with Gasteiger partial charge in [0.2, 0.25) is 0 Å². The molecule has 0 atom stereocenters. The monoisotopic (exact) mass is 274 g/mol. The normalized spacial score (nSPS) is 18.9. The smallest absolute Gasteiger partial charge is 0.184 e. The Labute approximate surface area is 119 Å². The van der Waals surface area contributed by atoms with Crippen molar-refractivity contribution in [3.63, 3.8) is 0 Å². The number of anilines is 1. The molecule has 19 heavy (non-hydrogen) atoms. The highest BCUT2D eigenvalue weighted by Gasteiger charge is 2.37. The molecular formula is C14H18N4S. The highest BCUT2D eigenvalue weighted by atomic mass is 32.1. The zero-order chi connectivity index (χ0) is 14.0. The topological polar surface area (TPSA) is 53.6 Å². The SMILES string of the molecule is CN1/C(=C\C=N\NC(N)=S)C(C)(C)c2ccccc21. The summed E-state index contributed by atoms with van der Waals surface area (Å²) in [5.41, 5.74) is 11.6. The molecule has 1 aromatic rings. The van der Waals surface area contributed by atoms with Crippen molar-refractivity contribution >= 4 is 29.2 Å². The molecule has 0 fully saturated rings. The van der Waals surface area contributed by atoms with Gasteiger partial charge in [-0.2, -0.15) is 5.10 Å². The molecule has 2 rings (SSSR count). The van der Waals surface area contributed by atoms with Gasteiger partial charge in [-0.05, 0) is 29.9 Å². The predicted octanol–water partition coefficient (Wildman–Crippen LogP) is 2.12. The summed E-state index contributed by atoms with van der Waals surface area (Å²) in [6.45, 7) is 4.41. The van der Waals surface area contributed by atoms with Gasteiger partial charge in [-0.25, -0.2) is 0 Å². The standard InChI is InChI=1S/C14H18N4S/c1-14(2)10-6-4-5-7-11(10)18(3)12(14)8-9-16-17-13(15)19/h4-9H,1-3H3,(H3,15,17,19)/b12-8-,16-9+. The Morgan fingerprint density at radius 1 is 1.42 bits per heavy atom. The minimum absolute atomic E-state index is 0.0411. The first-order chi connectivity index (χ1) is 8.94. The quantitative estimate of drug-likeness (QED) is 0.493. The molecule has 0 bridgehead atoms. The Balaban J connectivity index is 2.31. The number of fused-ring (bicyclic) bond motifs is 1. The summed E-state index contributed by atoms with van der Waals surface area (Å²) in [7, 11) is 2.06. The molecule has 0 aliphatic carbocycles. The number of likely N-dealkylation sites (N-methyl/N-ethyl adjacent to an activating group) is 1. The number of hydrogen-bond acceptors (Lipinski definition) is 3. The van der Waals surface area contributed by atoms with E-state index in [4.69, 9.17) is 18.0 Å². The molecule has 0 saturated carbocycles. The highest BCUT2D eigenvalue weighted by Crippen LogP contribution is 2.46. The molecule has 0 aromatic heterocycles. The van der Waals surface area contributed by atoms with Crippen LogP contribution in [0.25, 0.3) is 0 Å². The van der Waals surface area contributed by atoms with Crippen LogP contribution in [0.5, 0.6) is 0 Å². The Hall–Kier alpha value is -1.88. The number of rotatable bonds is 2. The third kappa shape index (κ3) is 2.46. The van der Waals surface area contributed by atoms with Gasteiger partial charge in [0.1, 0.15) is 0 Å². The molecule has 0 radical (unpaired) electrons. The van der Waals surface area contributed by atoms with Gasteiger partial charge in [-0.3, -0.25) is 5.43 Å². The second-order valence-corrected chi connectivity index (χ2v) is 5.45. The number of nitrogens with one attached hydrogen (secondary N) is 1. The third-order valence-corrected chi connectivity index (χ3v) is 3.51. The molecule has 1 aromatic carbocycles. The summed E-state index contributed by atoms with van der Waals surface area (Å²) < 4.78 is 0. The summed E-state index contributed by atoms with van der Waals surface area (Å²) in [4.78, 5) is 2.18. The minimum atomic E-state index is -0.0411. The molecule has 100 valence electrons. The maximum atomic E-state index is 5.31. The number of allylic oxidation sites excluding steroid dienone is 2. The van der Waals surface area contributed by atoms with Crippen molar-refractivity contribution < 1.29 is 0 Å². The Morgan fingerprint density at radius 3 is 2.74 bits per heavy atom. The molecule has 0 spiro atoms. The maximum Gasteiger partial charge on any atom is 0.184 e. The number of benzene rings is 1. The summed E-state index contributed by atoms with van der Waals surface area (Å²) >= 11 is 4.69. The molecule has 0 saturated heterocycles. The van der Waals surface area contributed by atoms with E-state index in [2.05, 4.69) is 60.6 Å². The molecule has 5 heteroatoms. The van der Waals surface area contributed by atoms with Crippen molar-refractivity contribution in [2.75, 3.05) is 11.9 Å². The van der Waals surface area contributed by atoms with E-state index in [-0.39, 0.29) is 10.5 Å². The van der Waals surface area contributed by atoms with Crippen LogP contribution in [0.4, 0.5) is 5.69 Å². The van der Waals surface area contributed by atoms with Gasteiger partial charge in [0.25, 0.3) is 0 Å². The summed E-state index contributed by atoms with van der Waals surface area (Å²) in [6, 6.07) is 8.41. The number of thiocarbonyl (C=S) groups is 1. The lowest BCUT2D eigenvalue weighted by Crippen LogP contribution is -2.25. The van der Waals surface area contributed by atoms with Crippen LogP contribution in [0, 0.1) is 0 Å². The number of nitrogens with zero attached hydrogens (tertiary/aromatic N) is 2. The van der Waals surface area contributed by atoms with Crippen molar-refractivity contribution in [3.05, 3.63) is 41.6 Å². The Bertz CT molecular complexity index is 560. The molecule has 1 aliphatic rings. The number of hydrazone groups is 1. The Morgan fingerprint density at radius 2 is 2.11 bits per heavy atom. The van der Waals surface area contributed by atoms with Crippen LogP contribution in [-0.2, 0) is 5.41 Å². The van der Waals surface area contributed by atoms with Crippen molar-refractivity contribution in [1.82, 2.24) is 5.43 Å². The first kappa shape index (κ1) is 13.5. The zero-order valence-electron chi connectivity index (χ0n) is 11.3. The highest BCUT2D eigenvalue weighted by molar-refractivity contribution is 7.80. The lowest BCUT2D eigenvalue weighted by molar-refractivity contribution is 0.641. The number of hydrogen-bond donors (Lipinski definition) is 2. The van der Waals surface area contributed by atoms with Crippen molar-refractivity contribution in [3.8, 4) is 0 Å². The van der Waals surface area contributed by atoms with Crippen molar-refractivity contribution in [1.29, 1.82) is 0 Å². The molecule has 1 aliphatic heterocycles. The summed E-state index contributed by atoms with van der Waals surface area (Å²) in [5.74, 6) is 0.